The molecule has 0 radical (unpaired) electrons. The molecule has 7 nitrogen and oxygen atoms in total. The summed E-state index contributed by atoms with van der Waals surface area (Å²) in [7, 11) is 0. The quantitative estimate of drug-likeness (QED) is 0.915. The normalized spacial score (nSPS) is 30.6. The lowest BCUT2D eigenvalue weighted by atomic mass is 9.87. The summed E-state index contributed by atoms with van der Waals surface area (Å²) >= 11 is 0. The van der Waals surface area contributed by atoms with Crippen LogP contribution < -0.4 is 5.32 Å². The minimum Gasteiger partial charge on any atom is -0.339 e. The summed E-state index contributed by atoms with van der Waals surface area (Å²) < 4.78 is 1.93. The number of nitrogens with zero attached hydrogens (tertiary/aromatic N) is 4. The number of amides is 2. The van der Waals surface area contributed by atoms with E-state index in [1.165, 1.54) is 12.8 Å². The number of likely N-dealkylation sites (tertiary alicyclic amines) is 1. The Bertz CT molecular complexity index is 631. The summed E-state index contributed by atoms with van der Waals surface area (Å²) in [5, 5.41) is 10.8. The van der Waals surface area contributed by atoms with E-state index in [9.17, 15) is 9.59 Å². The van der Waals surface area contributed by atoms with Crippen molar-refractivity contribution < 1.29 is 9.59 Å². The highest BCUT2D eigenvalue weighted by molar-refractivity contribution is 5.96. The van der Waals surface area contributed by atoms with Crippen LogP contribution in [0.4, 0.5) is 5.95 Å². The van der Waals surface area contributed by atoms with Crippen molar-refractivity contribution in [2.45, 2.75) is 64.0 Å². The van der Waals surface area contributed by atoms with Gasteiger partial charge in [0.25, 0.3) is 0 Å². The van der Waals surface area contributed by atoms with E-state index in [1.54, 1.807) is 6.33 Å². The standard InChI is InChI=1S/C17H25N5O2/c1-11-2-4-13(5-3-11)21-9-12(8-15(21)23)16(24)19-17-20-18-10-22(17)14-6-7-14/h10-14H,2-9H2,1H3,(H,19,20,24). The zero-order chi connectivity index (χ0) is 16.7. The summed E-state index contributed by atoms with van der Waals surface area (Å²) in [6, 6.07) is 0.739. The molecule has 4 rings (SSSR count). The van der Waals surface area contributed by atoms with Crippen LogP contribution >= 0.6 is 0 Å². The zero-order valence-corrected chi connectivity index (χ0v) is 14.1. The maximum absolute atomic E-state index is 12.6. The second kappa shape index (κ2) is 6.18. The Hall–Kier alpha value is -1.92. The number of rotatable bonds is 4. The first kappa shape index (κ1) is 15.6. The molecule has 1 saturated heterocycles. The SMILES string of the molecule is CC1CCC(N2CC(C(=O)Nc3nncn3C3CC3)CC2=O)CC1. The van der Waals surface area contributed by atoms with Gasteiger partial charge in [0, 0.05) is 25.0 Å². The molecule has 1 aromatic rings. The summed E-state index contributed by atoms with van der Waals surface area (Å²) in [5.41, 5.74) is 0. The first-order chi connectivity index (χ1) is 11.6. The summed E-state index contributed by atoms with van der Waals surface area (Å²) in [4.78, 5) is 26.9. The smallest absolute Gasteiger partial charge is 0.232 e. The fourth-order valence-corrected chi connectivity index (χ4v) is 3.98. The van der Waals surface area contributed by atoms with Crippen LogP contribution in [0.25, 0.3) is 0 Å². The van der Waals surface area contributed by atoms with Crippen LogP contribution in [-0.4, -0.2) is 44.1 Å². The van der Waals surface area contributed by atoms with Gasteiger partial charge in [0.1, 0.15) is 6.33 Å². The number of carbonyl (C=O) groups excluding carboxylic acids is 2. The number of hydrogen-bond acceptors (Lipinski definition) is 4. The van der Waals surface area contributed by atoms with Crippen molar-refractivity contribution in [2.24, 2.45) is 11.8 Å². The molecule has 3 aliphatic rings. The van der Waals surface area contributed by atoms with Gasteiger partial charge in [-0.15, -0.1) is 10.2 Å². The van der Waals surface area contributed by atoms with E-state index < -0.39 is 0 Å². The Labute approximate surface area is 141 Å². The van der Waals surface area contributed by atoms with E-state index in [0.29, 0.717) is 31.0 Å². The van der Waals surface area contributed by atoms with Crippen LogP contribution in [0.15, 0.2) is 6.33 Å². The molecule has 2 amide bonds. The number of aromatic nitrogens is 3. The third kappa shape index (κ3) is 3.03. The maximum Gasteiger partial charge on any atom is 0.232 e. The van der Waals surface area contributed by atoms with Crippen LogP contribution in [-0.2, 0) is 9.59 Å². The number of carbonyl (C=O) groups is 2. The lowest BCUT2D eigenvalue weighted by molar-refractivity contribution is -0.130. The van der Waals surface area contributed by atoms with Gasteiger partial charge in [-0.25, -0.2) is 0 Å². The number of nitrogens with one attached hydrogen (secondary N) is 1. The first-order valence-electron chi connectivity index (χ1n) is 9.11. The van der Waals surface area contributed by atoms with Gasteiger partial charge in [-0.2, -0.15) is 0 Å². The highest BCUT2D eigenvalue weighted by Crippen LogP contribution is 2.36. The molecule has 2 aliphatic carbocycles. The van der Waals surface area contributed by atoms with Gasteiger partial charge < -0.3 is 4.90 Å². The van der Waals surface area contributed by atoms with Crippen LogP contribution in [0.5, 0.6) is 0 Å². The maximum atomic E-state index is 12.6. The van der Waals surface area contributed by atoms with E-state index in [2.05, 4.69) is 22.4 Å². The molecule has 24 heavy (non-hydrogen) atoms. The molecule has 1 N–H and O–H groups in total. The van der Waals surface area contributed by atoms with Crippen molar-refractivity contribution >= 4 is 17.8 Å². The molecule has 1 atom stereocenters. The second-order valence-electron chi connectivity index (χ2n) is 7.64. The predicted octanol–water partition coefficient (Wildman–Crippen LogP) is 1.98. The van der Waals surface area contributed by atoms with Gasteiger partial charge >= 0.3 is 0 Å². The lowest BCUT2D eigenvalue weighted by Gasteiger charge is -2.33. The van der Waals surface area contributed by atoms with Crippen LogP contribution in [0, 0.1) is 11.8 Å². The van der Waals surface area contributed by atoms with E-state index in [4.69, 9.17) is 0 Å². The largest absolute Gasteiger partial charge is 0.339 e. The van der Waals surface area contributed by atoms with Gasteiger partial charge in [0.05, 0.1) is 5.92 Å². The van der Waals surface area contributed by atoms with E-state index in [0.717, 1.165) is 31.6 Å². The fraction of sp³-hybridized carbons (Fsp3) is 0.765. The predicted molar refractivity (Wildman–Crippen MR) is 88.2 cm³/mol. The topological polar surface area (TPSA) is 80.1 Å². The minimum absolute atomic E-state index is 0.107. The second-order valence-corrected chi connectivity index (χ2v) is 7.64. The van der Waals surface area contributed by atoms with Gasteiger partial charge in [-0.05, 0) is 44.4 Å². The molecule has 7 heteroatoms. The zero-order valence-electron chi connectivity index (χ0n) is 14.1. The molecule has 2 saturated carbocycles. The minimum atomic E-state index is -0.277. The Balaban J connectivity index is 1.37. The summed E-state index contributed by atoms with van der Waals surface area (Å²) in [5.74, 6) is 1.01. The van der Waals surface area contributed by atoms with Crippen LogP contribution in [0.2, 0.25) is 0 Å². The Morgan fingerprint density at radius 1 is 1.17 bits per heavy atom. The van der Waals surface area contributed by atoms with Crippen molar-refractivity contribution in [3.05, 3.63) is 6.33 Å². The molecule has 0 bridgehead atoms. The fourth-order valence-electron chi connectivity index (χ4n) is 3.98. The molecule has 0 spiro atoms. The van der Waals surface area contributed by atoms with E-state index in [1.807, 2.05) is 9.47 Å². The van der Waals surface area contributed by atoms with Crippen molar-refractivity contribution in [1.82, 2.24) is 19.7 Å². The number of anilines is 1. The molecule has 2 heterocycles. The number of hydrogen-bond donors (Lipinski definition) is 1. The van der Waals surface area contributed by atoms with Crippen molar-refractivity contribution in [3.8, 4) is 0 Å². The molecule has 3 fully saturated rings. The average molecular weight is 331 g/mol. The molecule has 1 aromatic heterocycles. The monoisotopic (exact) mass is 331 g/mol. The highest BCUT2D eigenvalue weighted by Gasteiger charge is 2.39. The first-order valence-corrected chi connectivity index (χ1v) is 9.11. The van der Waals surface area contributed by atoms with Gasteiger partial charge in [0.2, 0.25) is 17.8 Å². The Kier molecular flexibility index (Phi) is 4.02. The van der Waals surface area contributed by atoms with Gasteiger partial charge in [0.15, 0.2) is 0 Å². The molecule has 0 aromatic carbocycles. The Morgan fingerprint density at radius 3 is 2.58 bits per heavy atom. The molecule has 1 unspecified atom stereocenters. The van der Waals surface area contributed by atoms with Gasteiger partial charge in [-0.1, -0.05) is 6.92 Å². The molecule has 130 valence electrons. The Morgan fingerprint density at radius 2 is 1.88 bits per heavy atom. The van der Waals surface area contributed by atoms with Crippen LogP contribution in [0.1, 0.15) is 57.9 Å². The molecular weight excluding hydrogens is 306 g/mol. The lowest BCUT2D eigenvalue weighted by Crippen LogP contribution is -2.39. The van der Waals surface area contributed by atoms with E-state index in [-0.39, 0.29) is 17.7 Å². The van der Waals surface area contributed by atoms with Crippen LogP contribution in [0.3, 0.4) is 0 Å². The third-order valence-electron chi connectivity index (χ3n) is 5.70. The summed E-state index contributed by atoms with van der Waals surface area (Å²) in [6.45, 7) is 2.82. The van der Waals surface area contributed by atoms with Crippen molar-refractivity contribution in [3.63, 3.8) is 0 Å². The van der Waals surface area contributed by atoms with Crippen molar-refractivity contribution in [1.29, 1.82) is 0 Å². The third-order valence-corrected chi connectivity index (χ3v) is 5.70. The van der Waals surface area contributed by atoms with Crippen molar-refractivity contribution in [2.75, 3.05) is 11.9 Å². The average Bonchev–Trinajstić information content (AvgIpc) is 3.19. The molecular formula is C17H25N5O2. The summed E-state index contributed by atoms with van der Waals surface area (Å²) in [6.07, 6.45) is 8.69. The highest BCUT2D eigenvalue weighted by atomic mass is 16.2. The van der Waals surface area contributed by atoms with E-state index >= 15 is 0 Å². The molecule has 1 aliphatic heterocycles. The van der Waals surface area contributed by atoms with Gasteiger partial charge in [-0.3, -0.25) is 19.5 Å².